The molecule has 1 aromatic heterocycles. The molecular weight excluding hydrogens is 480 g/mol. The van der Waals surface area contributed by atoms with Crippen molar-refractivity contribution in [1.29, 1.82) is 0 Å². The molecule has 9 heteroatoms. The van der Waals surface area contributed by atoms with Gasteiger partial charge in [-0.3, -0.25) is 0 Å². The Morgan fingerprint density at radius 3 is 2.47 bits per heavy atom. The lowest BCUT2D eigenvalue weighted by Crippen LogP contribution is -2.17. The van der Waals surface area contributed by atoms with Crippen LogP contribution < -0.4 is 10.1 Å². The van der Waals surface area contributed by atoms with Crippen molar-refractivity contribution >= 4 is 27.3 Å². The van der Waals surface area contributed by atoms with Crippen molar-refractivity contribution in [3.05, 3.63) is 71.9 Å². The van der Waals surface area contributed by atoms with Crippen LogP contribution in [0.1, 0.15) is 35.7 Å². The van der Waals surface area contributed by atoms with E-state index in [1.165, 1.54) is 12.5 Å². The number of nitrogens with one attached hydrogen (secondary N) is 1. The molecule has 1 aliphatic heterocycles. The van der Waals surface area contributed by atoms with E-state index in [0.29, 0.717) is 35.4 Å². The zero-order valence-corrected chi connectivity index (χ0v) is 21.2. The molecule has 4 rings (SSSR count). The molecule has 0 spiro atoms. The second kappa shape index (κ2) is 11.5. The Hall–Kier alpha value is -3.43. The Morgan fingerprint density at radius 2 is 1.83 bits per heavy atom. The number of benzene rings is 2. The van der Waals surface area contributed by atoms with Gasteiger partial charge in [0.05, 0.1) is 17.1 Å². The summed E-state index contributed by atoms with van der Waals surface area (Å²) in [6.45, 7) is 3.58. The molecule has 0 radical (unpaired) electrons. The minimum atomic E-state index is -3.27. The lowest BCUT2D eigenvalue weighted by molar-refractivity contribution is 0.0526. The van der Waals surface area contributed by atoms with Crippen LogP contribution in [-0.2, 0) is 25.7 Å². The van der Waals surface area contributed by atoms with Crippen molar-refractivity contribution < 1.29 is 27.4 Å². The van der Waals surface area contributed by atoms with Gasteiger partial charge in [-0.1, -0.05) is 0 Å². The maximum Gasteiger partial charge on any atom is 0.339 e. The fourth-order valence-corrected chi connectivity index (χ4v) is 4.64. The van der Waals surface area contributed by atoms with Gasteiger partial charge in [0.15, 0.2) is 9.84 Å². The van der Waals surface area contributed by atoms with E-state index in [1.54, 1.807) is 43.3 Å². The minimum absolute atomic E-state index is 0.248. The van der Waals surface area contributed by atoms with Crippen LogP contribution in [0, 0.1) is 5.92 Å². The monoisotopic (exact) mass is 510 g/mol. The van der Waals surface area contributed by atoms with Gasteiger partial charge in [0.25, 0.3) is 0 Å². The Kier molecular flexibility index (Phi) is 8.22. The van der Waals surface area contributed by atoms with Crippen LogP contribution in [-0.4, -0.2) is 45.4 Å². The van der Waals surface area contributed by atoms with Gasteiger partial charge in [-0.05, 0) is 92.3 Å². The summed E-state index contributed by atoms with van der Waals surface area (Å²) in [6, 6.07) is 15.7. The normalized spacial score (nSPS) is 14.3. The summed E-state index contributed by atoms with van der Waals surface area (Å²) >= 11 is 0. The molecule has 1 N–H and O–H groups in total. The number of sulfone groups is 1. The largest absolute Gasteiger partial charge is 0.462 e. The molecule has 0 aliphatic carbocycles. The number of anilines is 2. The highest BCUT2D eigenvalue weighted by Crippen LogP contribution is 2.33. The SMILES string of the molecule is CCOC(=O)c1ccc(Nc2ccc(Oc3ccc(S(C)(=O)=O)cc3)c(CC3CCOCC3)c2)nc1. The van der Waals surface area contributed by atoms with E-state index in [9.17, 15) is 13.2 Å². The second-order valence-corrected chi connectivity index (χ2v) is 10.7. The van der Waals surface area contributed by atoms with Gasteiger partial charge in [0.2, 0.25) is 0 Å². The highest BCUT2D eigenvalue weighted by molar-refractivity contribution is 7.90. The topological polar surface area (TPSA) is 104 Å². The molecule has 0 saturated carbocycles. The third-order valence-electron chi connectivity index (χ3n) is 5.94. The van der Waals surface area contributed by atoms with Gasteiger partial charge in [0.1, 0.15) is 17.3 Å². The zero-order chi connectivity index (χ0) is 25.5. The van der Waals surface area contributed by atoms with Crippen LogP contribution in [0.15, 0.2) is 65.7 Å². The van der Waals surface area contributed by atoms with E-state index in [1.807, 2.05) is 18.2 Å². The van der Waals surface area contributed by atoms with Crippen LogP contribution in [0.3, 0.4) is 0 Å². The standard InChI is InChI=1S/C27H30N2O6S/c1-3-34-27(30)20-4-11-26(28-18-20)29-22-5-10-25(21(17-22)16-19-12-14-33-15-13-19)35-23-6-8-24(9-7-23)36(2,31)32/h4-11,17-19H,3,12-16H2,1-2H3,(H,28,29). The number of rotatable bonds is 9. The van der Waals surface area contributed by atoms with Crippen molar-refractivity contribution in [2.45, 2.75) is 31.1 Å². The van der Waals surface area contributed by atoms with Crippen molar-refractivity contribution in [2.75, 3.05) is 31.4 Å². The predicted molar refractivity (Wildman–Crippen MR) is 137 cm³/mol. The van der Waals surface area contributed by atoms with Gasteiger partial charge in [-0.15, -0.1) is 0 Å². The molecule has 0 unspecified atom stereocenters. The molecule has 0 bridgehead atoms. The lowest BCUT2D eigenvalue weighted by atomic mass is 9.92. The van der Waals surface area contributed by atoms with E-state index >= 15 is 0 Å². The molecule has 36 heavy (non-hydrogen) atoms. The number of ether oxygens (including phenoxy) is 3. The van der Waals surface area contributed by atoms with E-state index in [0.717, 1.165) is 43.7 Å². The molecular formula is C27H30N2O6S. The fourth-order valence-electron chi connectivity index (χ4n) is 4.01. The highest BCUT2D eigenvalue weighted by atomic mass is 32.2. The number of aromatic nitrogens is 1. The summed E-state index contributed by atoms with van der Waals surface area (Å²) in [5.74, 6) is 1.95. The van der Waals surface area contributed by atoms with E-state index in [4.69, 9.17) is 14.2 Å². The third-order valence-corrected chi connectivity index (χ3v) is 7.07. The van der Waals surface area contributed by atoms with Crippen LogP contribution in [0.2, 0.25) is 0 Å². The predicted octanol–water partition coefficient (Wildman–Crippen LogP) is 5.17. The summed E-state index contributed by atoms with van der Waals surface area (Å²) in [4.78, 5) is 16.4. The van der Waals surface area contributed by atoms with Gasteiger partial charge in [-0.2, -0.15) is 0 Å². The van der Waals surface area contributed by atoms with Gasteiger partial charge in [-0.25, -0.2) is 18.2 Å². The number of hydrogen-bond acceptors (Lipinski definition) is 8. The molecule has 2 heterocycles. The maximum atomic E-state index is 11.9. The van der Waals surface area contributed by atoms with Crippen molar-refractivity contribution in [1.82, 2.24) is 4.98 Å². The Balaban J connectivity index is 1.55. The second-order valence-electron chi connectivity index (χ2n) is 8.71. The molecule has 0 amide bonds. The number of esters is 1. The zero-order valence-electron chi connectivity index (χ0n) is 20.4. The van der Waals surface area contributed by atoms with Gasteiger partial charge in [0, 0.05) is 31.4 Å². The average molecular weight is 511 g/mol. The van der Waals surface area contributed by atoms with E-state index < -0.39 is 15.8 Å². The highest BCUT2D eigenvalue weighted by Gasteiger charge is 2.18. The Morgan fingerprint density at radius 1 is 1.08 bits per heavy atom. The Bertz CT molecular complexity index is 1280. The molecule has 1 aliphatic rings. The van der Waals surface area contributed by atoms with Crippen LogP contribution in [0.5, 0.6) is 11.5 Å². The van der Waals surface area contributed by atoms with Crippen molar-refractivity contribution in [2.24, 2.45) is 5.92 Å². The summed E-state index contributed by atoms with van der Waals surface area (Å²) in [5, 5.41) is 3.28. The number of carbonyl (C=O) groups is 1. The van der Waals surface area contributed by atoms with Crippen LogP contribution >= 0.6 is 0 Å². The number of hydrogen-bond donors (Lipinski definition) is 1. The van der Waals surface area contributed by atoms with Crippen molar-refractivity contribution in [3.8, 4) is 11.5 Å². The molecule has 1 saturated heterocycles. The first-order valence-electron chi connectivity index (χ1n) is 11.9. The van der Waals surface area contributed by atoms with Crippen molar-refractivity contribution in [3.63, 3.8) is 0 Å². The smallest absolute Gasteiger partial charge is 0.339 e. The lowest BCUT2D eigenvalue weighted by Gasteiger charge is -2.23. The summed E-state index contributed by atoms with van der Waals surface area (Å²) in [7, 11) is -3.27. The average Bonchev–Trinajstić information content (AvgIpc) is 2.87. The quantitative estimate of drug-likeness (QED) is 0.394. The molecule has 3 aromatic rings. The summed E-state index contributed by atoms with van der Waals surface area (Å²) in [6.07, 6.45) is 5.46. The first kappa shape index (κ1) is 25.7. The molecule has 1 fully saturated rings. The molecule has 8 nitrogen and oxygen atoms in total. The van der Waals surface area contributed by atoms with Gasteiger partial charge < -0.3 is 19.5 Å². The Labute approximate surface area is 211 Å². The summed E-state index contributed by atoms with van der Waals surface area (Å²) in [5.41, 5.74) is 2.27. The first-order valence-corrected chi connectivity index (χ1v) is 13.8. The number of nitrogens with zero attached hydrogens (tertiary/aromatic N) is 1. The summed E-state index contributed by atoms with van der Waals surface area (Å²) < 4.78 is 40.2. The number of carbonyl (C=O) groups excluding carboxylic acids is 1. The number of pyridine rings is 1. The minimum Gasteiger partial charge on any atom is -0.462 e. The van der Waals surface area contributed by atoms with E-state index in [2.05, 4.69) is 10.3 Å². The molecule has 2 aromatic carbocycles. The fraction of sp³-hybridized carbons (Fsp3) is 0.333. The van der Waals surface area contributed by atoms with Crippen LogP contribution in [0.4, 0.5) is 11.5 Å². The maximum absolute atomic E-state index is 11.9. The van der Waals surface area contributed by atoms with E-state index in [-0.39, 0.29) is 4.90 Å². The third kappa shape index (κ3) is 6.83. The molecule has 0 atom stereocenters. The first-order chi connectivity index (χ1) is 17.3. The van der Waals surface area contributed by atoms with Crippen LogP contribution in [0.25, 0.3) is 0 Å². The molecule has 190 valence electrons. The van der Waals surface area contributed by atoms with Gasteiger partial charge >= 0.3 is 5.97 Å².